The SMILES string of the molecule is Cc1cc(NC(=O)NC(C)C)ccc1Cl. The largest absolute Gasteiger partial charge is 0.336 e. The first-order valence-corrected chi connectivity index (χ1v) is 5.20. The molecule has 1 aromatic rings. The molecule has 0 heterocycles. The molecule has 3 nitrogen and oxygen atoms in total. The molecule has 0 aliphatic heterocycles. The molecule has 0 aromatic heterocycles. The Morgan fingerprint density at radius 1 is 1.40 bits per heavy atom. The van der Waals surface area contributed by atoms with Crippen LogP contribution in [0.15, 0.2) is 18.2 Å². The van der Waals surface area contributed by atoms with Crippen LogP contribution >= 0.6 is 11.6 Å². The molecule has 0 aliphatic carbocycles. The van der Waals surface area contributed by atoms with Gasteiger partial charge in [-0.05, 0) is 44.5 Å². The van der Waals surface area contributed by atoms with E-state index in [0.29, 0.717) is 5.02 Å². The predicted molar refractivity (Wildman–Crippen MR) is 63.5 cm³/mol. The van der Waals surface area contributed by atoms with E-state index in [1.807, 2.05) is 26.8 Å². The van der Waals surface area contributed by atoms with Crippen molar-refractivity contribution in [3.8, 4) is 0 Å². The van der Waals surface area contributed by atoms with Crippen molar-refractivity contribution in [3.05, 3.63) is 28.8 Å². The van der Waals surface area contributed by atoms with E-state index in [4.69, 9.17) is 11.6 Å². The molecule has 2 N–H and O–H groups in total. The highest BCUT2D eigenvalue weighted by Crippen LogP contribution is 2.19. The smallest absolute Gasteiger partial charge is 0.319 e. The number of nitrogens with one attached hydrogen (secondary N) is 2. The van der Waals surface area contributed by atoms with Crippen LogP contribution in [0.2, 0.25) is 5.02 Å². The molecule has 0 aliphatic rings. The maximum absolute atomic E-state index is 11.4. The van der Waals surface area contributed by atoms with Crippen molar-refractivity contribution in [2.45, 2.75) is 26.8 Å². The van der Waals surface area contributed by atoms with Crippen LogP contribution in [0.4, 0.5) is 10.5 Å². The number of urea groups is 1. The zero-order chi connectivity index (χ0) is 11.4. The fraction of sp³-hybridized carbons (Fsp3) is 0.364. The molecule has 2 amide bonds. The molecular formula is C11H15ClN2O. The van der Waals surface area contributed by atoms with Crippen molar-refractivity contribution >= 4 is 23.3 Å². The number of rotatable bonds is 2. The van der Waals surface area contributed by atoms with E-state index in [0.717, 1.165) is 11.3 Å². The van der Waals surface area contributed by atoms with Crippen molar-refractivity contribution in [1.82, 2.24) is 5.32 Å². The second-order valence-electron chi connectivity index (χ2n) is 3.72. The van der Waals surface area contributed by atoms with Crippen molar-refractivity contribution in [2.24, 2.45) is 0 Å². The van der Waals surface area contributed by atoms with Crippen LogP contribution in [0.3, 0.4) is 0 Å². The van der Waals surface area contributed by atoms with Crippen LogP contribution in [-0.2, 0) is 0 Å². The first-order valence-electron chi connectivity index (χ1n) is 4.82. The van der Waals surface area contributed by atoms with Gasteiger partial charge < -0.3 is 10.6 Å². The number of aryl methyl sites for hydroxylation is 1. The topological polar surface area (TPSA) is 41.1 Å². The molecule has 1 aromatic carbocycles. The highest BCUT2D eigenvalue weighted by molar-refractivity contribution is 6.31. The molecule has 0 bridgehead atoms. The van der Waals surface area contributed by atoms with Gasteiger partial charge in [0, 0.05) is 16.8 Å². The van der Waals surface area contributed by atoms with E-state index in [9.17, 15) is 4.79 Å². The van der Waals surface area contributed by atoms with Crippen molar-refractivity contribution in [2.75, 3.05) is 5.32 Å². The second-order valence-corrected chi connectivity index (χ2v) is 4.12. The van der Waals surface area contributed by atoms with E-state index < -0.39 is 0 Å². The van der Waals surface area contributed by atoms with Gasteiger partial charge >= 0.3 is 6.03 Å². The Morgan fingerprint density at radius 2 is 2.07 bits per heavy atom. The van der Waals surface area contributed by atoms with Crippen molar-refractivity contribution in [3.63, 3.8) is 0 Å². The van der Waals surface area contributed by atoms with Crippen LogP contribution in [-0.4, -0.2) is 12.1 Å². The fourth-order valence-corrected chi connectivity index (χ4v) is 1.27. The zero-order valence-electron chi connectivity index (χ0n) is 9.10. The Bertz CT molecular complexity index is 364. The van der Waals surface area contributed by atoms with Crippen molar-refractivity contribution in [1.29, 1.82) is 0 Å². The number of hydrogen-bond acceptors (Lipinski definition) is 1. The molecule has 1 rings (SSSR count). The minimum atomic E-state index is -0.202. The summed E-state index contributed by atoms with van der Waals surface area (Å²) < 4.78 is 0. The number of amides is 2. The normalized spacial score (nSPS) is 10.2. The Balaban J connectivity index is 2.65. The van der Waals surface area contributed by atoms with E-state index in [1.165, 1.54) is 0 Å². The summed E-state index contributed by atoms with van der Waals surface area (Å²) >= 11 is 5.87. The third-order valence-corrected chi connectivity index (χ3v) is 2.26. The second kappa shape index (κ2) is 5.03. The number of halogens is 1. The monoisotopic (exact) mass is 226 g/mol. The van der Waals surface area contributed by atoms with E-state index in [1.54, 1.807) is 12.1 Å². The number of anilines is 1. The third kappa shape index (κ3) is 3.80. The molecular weight excluding hydrogens is 212 g/mol. The highest BCUT2D eigenvalue weighted by atomic mass is 35.5. The quantitative estimate of drug-likeness (QED) is 0.799. The highest BCUT2D eigenvalue weighted by Gasteiger charge is 2.03. The van der Waals surface area contributed by atoms with Crippen LogP contribution in [0, 0.1) is 6.92 Å². The standard InChI is InChI=1S/C11H15ClN2O/c1-7(2)13-11(15)14-9-4-5-10(12)8(3)6-9/h4-7H,1-3H3,(H2,13,14,15). The molecule has 82 valence electrons. The summed E-state index contributed by atoms with van der Waals surface area (Å²) in [6.45, 7) is 5.72. The van der Waals surface area contributed by atoms with Gasteiger partial charge in [-0.25, -0.2) is 4.79 Å². The van der Waals surface area contributed by atoms with Gasteiger partial charge in [0.1, 0.15) is 0 Å². The van der Waals surface area contributed by atoms with Crippen LogP contribution < -0.4 is 10.6 Å². The van der Waals surface area contributed by atoms with Gasteiger partial charge in [-0.3, -0.25) is 0 Å². The minimum Gasteiger partial charge on any atom is -0.336 e. The number of carbonyl (C=O) groups excluding carboxylic acids is 1. The lowest BCUT2D eigenvalue weighted by molar-refractivity contribution is 0.250. The fourth-order valence-electron chi connectivity index (χ4n) is 1.15. The lowest BCUT2D eigenvalue weighted by Crippen LogP contribution is -2.34. The van der Waals surface area contributed by atoms with Crippen LogP contribution in [0.5, 0.6) is 0 Å². The lowest BCUT2D eigenvalue weighted by atomic mass is 10.2. The minimum absolute atomic E-state index is 0.124. The summed E-state index contributed by atoms with van der Waals surface area (Å²) in [6, 6.07) is 5.30. The summed E-state index contributed by atoms with van der Waals surface area (Å²) in [6.07, 6.45) is 0. The molecule has 0 saturated carbocycles. The van der Waals surface area contributed by atoms with Crippen LogP contribution in [0.25, 0.3) is 0 Å². The maximum atomic E-state index is 11.4. The van der Waals surface area contributed by atoms with E-state index in [-0.39, 0.29) is 12.1 Å². The van der Waals surface area contributed by atoms with Crippen LogP contribution in [0.1, 0.15) is 19.4 Å². The maximum Gasteiger partial charge on any atom is 0.319 e. The zero-order valence-corrected chi connectivity index (χ0v) is 9.85. The molecule has 0 atom stereocenters. The Kier molecular flexibility index (Phi) is 3.97. The summed E-state index contributed by atoms with van der Waals surface area (Å²) in [5.41, 5.74) is 1.69. The lowest BCUT2D eigenvalue weighted by Gasteiger charge is -2.10. The van der Waals surface area contributed by atoms with Gasteiger partial charge in [0.2, 0.25) is 0 Å². The third-order valence-electron chi connectivity index (χ3n) is 1.84. The van der Waals surface area contributed by atoms with Crippen molar-refractivity contribution < 1.29 is 4.79 Å². The average molecular weight is 227 g/mol. The first-order chi connectivity index (χ1) is 6.99. The number of carbonyl (C=O) groups is 1. The Labute approximate surface area is 94.8 Å². The summed E-state index contributed by atoms with van der Waals surface area (Å²) in [7, 11) is 0. The number of benzene rings is 1. The van der Waals surface area contributed by atoms with Gasteiger partial charge in [0.15, 0.2) is 0 Å². The summed E-state index contributed by atoms with van der Waals surface area (Å²) in [5.74, 6) is 0. The molecule has 0 spiro atoms. The molecule has 0 radical (unpaired) electrons. The molecule has 0 fully saturated rings. The van der Waals surface area contributed by atoms with Gasteiger partial charge in [-0.15, -0.1) is 0 Å². The number of hydrogen-bond donors (Lipinski definition) is 2. The predicted octanol–water partition coefficient (Wildman–Crippen LogP) is 3.18. The molecule has 0 saturated heterocycles. The first kappa shape index (κ1) is 11.9. The van der Waals surface area contributed by atoms with Gasteiger partial charge in [0.25, 0.3) is 0 Å². The Morgan fingerprint density at radius 3 is 2.60 bits per heavy atom. The summed E-state index contributed by atoms with van der Waals surface area (Å²) in [5, 5.41) is 6.17. The molecule has 15 heavy (non-hydrogen) atoms. The van der Waals surface area contributed by atoms with Gasteiger partial charge in [0.05, 0.1) is 0 Å². The average Bonchev–Trinajstić information content (AvgIpc) is 2.10. The van der Waals surface area contributed by atoms with E-state index >= 15 is 0 Å². The summed E-state index contributed by atoms with van der Waals surface area (Å²) in [4.78, 5) is 11.4. The molecule has 4 heteroatoms. The van der Waals surface area contributed by atoms with Gasteiger partial charge in [-0.2, -0.15) is 0 Å². The Hall–Kier alpha value is -1.22. The molecule has 0 unspecified atom stereocenters. The van der Waals surface area contributed by atoms with Gasteiger partial charge in [-0.1, -0.05) is 11.6 Å². The van der Waals surface area contributed by atoms with E-state index in [2.05, 4.69) is 10.6 Å².